The molecule has 1 saturated heterocycles. The quantitative estimate of drug-likeness (QED) is 0.371. The van der Waals surface area contributed by atoms with Crippen molar-refractivity contribution in [2.75, 3.05) is 0 Å². The summed E-state index contributed by atoms with van der Waals surface area (Å²) in [5.74, 6) is -0.0109. The molecule has 0 spiro atoms. The van der Waals surface area contributed by atoms with Crippen LogP contribution in [0.3, 0.4) is 0 Å². The lowest BCUT2D eigenvalue weighted by Gasteiger charge is -2.21. The van der Waals surface area contributed by atoms with Crippen LogP contribution in [0.1, 0.15) is 64.7 Å². The average molecular weight is 224 g/mol. The van der Waals surface area contributed by atoms with Gasteiger partial charge in [-0.3, -0.25) is 4.79 Å². The Labute approximate surface area is 99.1 Å². The van der Waals surface area contributed by atoms with Crippen LogP contribution in [0.5, 0.6) is 0 Å². The molecule has 16 heavy (non-hydrogen) atoms. The molecule has 0 aromatic carbocycles. The summed E-state index contributed by atoms with van der Waals surface area (Å²) in [5, 5.41) is 0. The second kappa shape index (κ2) is 8.37. The molecule has 0 bridgehead atoms. The fourth-order valence-electron chi connectivity index (χ4n) is 2.01. The van der Waals surface area contributed by atoms with Gasteiger partial charge in [-0.1, -0.05) is 31.9 Å². The molecule has 1 aliphatic heterocycles. The number of hydrogen-bond acceptors (Lipinski definition) is 2. The molecule has 1 fully saturated rings. The van der Waals surface area contributed by atoms with Crippen molar-refractivity contribution in [1.82, 2.24) is 0 Å². The molecular weight excluding hydrogens is 200 g/mol. The van der Waals surface area contributed by atoms with Gasteiger partial charge in [0.1, 0.15) is 6.10 Å². The molecule has 1 unspecified atom stereocenters. The highest BCUT2D eigenvalue weighted by Gasteiger charge is 2.18. The largest absolute Gasteiger partial charge is 0.462 e. The maximum atomic E-state index is 11.0. The Balaban J connectivity index is 1.99. The molecule has 2 heteroatoms. The Kier molecular flexibility index (Phi) is 6.95. The molecule has 0 aromatic rings. The summed E-state index contributed by atoms with van der Waals surface area (Å²) >= 11 is 0. The standard InChI is InChI=1S/C14H24O2/c1-2-3-4-5-6-7-8-10-13-11-9-12-14(15)16-13/h6-7,13H,2-5,8-12H2,1H3. The van der Waals surface area contributed by atoms with Gasteiger partial charge in [0.05, 0.1) is 0 Å². The number of carbonyl (C=O) groups excluding carboxylic acids is 1. The predicted molar refractivity (Wildman–Crippen MR) is 66.2 cm³/mol. The zero-order chi connectivity index (χ0) is 11.6. The molecule has 0 aliphatic carbocycles. The third-order valence-electron chi connectivity index (χ3n) is 3.00. The number of carbonyl (C=O) groups is 1. The Morgan fingerprint density at radius 2 is 2.12 bits per heavy atom. The van der Waals surface area contributed by atoms with Gasteiger partial charge in [0, 0.05) is 6.42 Å². The van der Waals surface area contributed by atoms with Crippen molar-refractivity contribution >= 4 is 5.97 Å². The van der Waals surface area contributed by atoms with Crippen molar-refractivity contribution in [3.05, 3.63) is 12.2 Å². The van der Waals surface area contributed by atoms with Gasteiger partial charge >= 0.3 is 5.97 Å². The van der Waals surface area contributed by atoms with E-state index in [1.54, 1.807) is 0 Å². The molecule has 0 amide bonds. The molecule has 0 N–H and O–H groups in total. The zero-order valence-electron chi connectivity index (χ0n) is 10.4. The number of allylic oxidation sites excluding steroid dienone is 2. The Morgan fingerprint density at radius 3 is 2.88 bits per heavy atom. The molecule has 0 aromatic heterocycles. The lowest BCUT2D eigenvalue weighted by molar-refractivity contribution is -0.153. The minimum Gasteiger partial charge on any atom is -0.462 e. The summed E-state index contributed by atoms with van der Waals surface area (Å²) in [6, 6.07) is 0. The van der Waals surface area contributed by atoms with Gasteiger partial charge in [-0.15, -0.1) is 0 Å². The van der Waals surface area contributed by atoms with E-state index in [9.17, 15) is 4.79 Å². The van der Waals surface area contributed by atoms with Crippen molar-refractivity contribution in [2.45, 2.75) is 70.8 Å². The Bertz CT molecular complexity index is 221. The predicted octanol–water partition coefficient (Wildman–Crippen LogP) is 4.00. The topological polar surface area (TPSA) is 26.3 Å². The monoisotopic (exact) mass is 224 g/mol. The van der Waals surface area contributed by atoms with Crippen LogP contribution < -0.4 is 0 Å². The van der Waals surface area contributed by atoms with Crippen LogP contribution in [-0.4, -0.2) is 12.1 Å². The fraction of sp³-hybridized carbons (Fsp3) is 0.786. The van der Waals surface area contributed by atoms with E-state index in [1.807, 2.05) is 0 Å². The van der Waals surface area contributed by atoms with Gasteiger partial charge < -0.3 is 4.74 Å². The summed E-state index contributed by atoms with van der Waals surface area (Å²) in [6.07, 6.45) is 14.5. The number of unbranched alkanes of at least 4 members (excludes halogenated alkanes) is 3. The summed E-state index contributed by atoms with van der Waals surface area (Å²) in [7, 11) is 0. The van der Waals surface area contributed by atoms with Crippen molar-refractivity contribution in [3.8, 4) is 0 Å². The van der Waals surface area contributed by atoms with Crippen LogP contribution in [0.15, 0.2) is 12.2 Å². The summed E-state index contributed by atoms with van der Waals surface area (Å²) < 4.78 is 5.26. The van der Waals surface area contributed by atoms with Crippen LogP contribution in [0.25, 0.3) is 0 Å². The SMILES string of the molecule is CCCCCC=CCCC1CCCC(=O)O1. The van der Waals surface area contributed by atoms with E-state index in [4.69, 9.17) is 4.74 Å². The molecule has 1 rings (SSSR count). The van der Waals surface area contributed by atoms with E-state index >= 15 is 0 Å². The van der Waals surface area contributed by atoms with Gasteiger partial charge in [0.2, 0.25) is 0 Å². The number of cyclic esters (lactones) is 1. The second-order valence-electron chi connectivity index (χ2n) is 4.55. The molecule has 0 saturated carbocycles. The fourth-order valence-corrected chi connectivity index (χ4v) is 2.01. The average Bonchev–Trinajstić information content (AvgIpc) is 2.28. The minimum atomic E-state index is -0.0109. The number of esters is 1. The first-order valence-corrected chi connectivity index (χ1v) is 6.67. The lowest BCUT2D eigenvalue weighted by atomic mass is 10.0. The van der Waals surface area contributed by atoms with Gasteiger partial charge in [-0.05, 0) is 38.5 Å². The Morgan fingerprint density at radius 1 is 1.31 bits per heavy atom. The highest BCUT2D eigenvalue weighted by atomic mass is 16.5. The van der Waals surface area contributed by atoms with Crippen molar-refractivity contribution in [1.29, 1.82) is 0 Å². The summed E-state index contributed by atoms with van der Waals surface area (Å²) in [4.78, 5) is 11.0. The third-order valence-corrected chi connectivity index (χ3v) is 3.00. The molecule has 2 nitrogen and oxygen atoms in total. The van der Waals surface area contributed by atoms with E-state index in [-0.39, 0.29) is 12.1 Å². The second-order valence-corrected chi connectivity index (χ2v) is 4.55. The molecular formula is C14H24O2. The Hall–Kier alpha value is -0.790. The first-order chi connectivity index (χ1) is 7.83. The van der Waals surface area contributed by atoms with Gasteiger partial charge in [-0.25, -0.2) is 0 Å². The van der Waals surface area contributed by atoms with Gasteiger partial charge in [0.25, 0.3) is 0 Å². The molecule has 1 atom stereocenters. The van der Waals surface area contributed by atoms with Crippen LogP contribution in [0, 0.1) is 0 Å². The third kappa shape index (κ3) is 5.94. The maximum absolute atomic E-state index is 11.0. The first kappa shape index (κ1) is 13.3. The van der Waals surface area contributed by atoms with E-state index in [1.165, 1.54) is 25.7 Å². The molecule has 92 valence electrons. The van der Waals surface area contributed by atoms with Crippen LogP contribution >= 0.6 is 0 Å². The van der Waals surface area contributed by atoms with Crippen LogP contribution in [0.4, 0.5) is 0 Å². The minimum absolute atomic E-state index is 0.0109. The lowest BCUT2D eigenvalue weighted by Crippen LogP contribution is -2.23. The summed E-state index contributed by atoms with van der Waals surface area (Å²) in [6.45, 7) is 2.22. The summed E-state index contributed by atoms with van der Waals surface area (Å²) in [5.41, 5.74) is 0. The highest BCUT2D eigenvalue weighted by molar-refractivity contribution is 5.70. The molecule has 1 aliphatic rings. The van der Waals surface area contributed by atoms with Crippen LogP contribution in [0.2, 0.25) is 0 Å². The van der Waals surface area contributed by atoms with E-state index in [2.05, 4.69) is 19.1 Å². The molecule has 0 radical (unpaired) electrons. The zero-order valence-corrected chi connectivity index (χ0v) is 10.4. The smallest absolute Gasteiger partial charge is 0.306 e. The van der Waals surface area contributed by atoms with E-state index < -0.39 is 0 Å². The number of ether oxygens (including phenoxy) is 1. The molecule has 1 heterocycles. The number of rotatable bonds is 7. The van der Waals surface area contributed by atoms with Crippen molar-refractivity contribution < 1.29 is 9.53 Å². The maximum Gasteiger partial charge on any atom is 0.306 e. The van der Waals surface area contributed by atoms with Gasteiger partial charge in [0.15, 0.2) is 0 Å². The highest BCUT2D eigenvalue weighted by Crippen LogP contribution is 2.18. The normalized spacial score (nSPS) is 21.3. The van der Waals surface area contributed by atoms with Crippen molar-refractivity contribution in [3.63, 3.8) is 0 Å². The van der Waals surface area contributed by atoms with Crippen LogP contribution in [-0.2, 0) is 9.53 Å². The van der Waals surface area contributed by atoms with E-state index in [0.29, 0.717) is 6.42 Å². The van der Waals surface area contributed by atoms with Crippen molar-refractivity contribution in [2.24, 2.45) is 0 Å². The van der Waals surface area contributed by atoms with Gasteiger partial charge in [-0.2, -0.15) is 0 Å². The number of hydrogen-bond donors (Lipinski definition) is 0. The first-order valence-electron chi connectivity index (χ1n) is 6.67. The van der Waals surface area contributed by atoms with E-state index in [0.717, 1.165) is 25.7 Å².